The van der Waals surface area contributed by atoms with Crippen LogP contribution in [0.2, 0.25) is 20.1 Å². The summed E-state index contributed by atoms with van der Waals surface area (Å²) in [5, 5.41) is 9.48. The molecule has 0 bridgehead atoms. The molecule has 0 amide bonds. The molecule has 2 aromatic heterocycles. The Morgan fingerprint density at radius 3 is 1.17 bits per heavy atom. The van der Waals surface area contributed by atoms with Gasteiger partial charge in [0, 0.05) is 20.9 Å². The molecule has 4 rings (SSSR count). The van der Waals surface area contributed by atoms with E-state index in [0.29, 0.717) is 31.6 Å². The molecule has 0 aliphatic rings. The number of benzene rings is 2. The van der Waals surface area contributed by atoms with E-state index in [1.807, 2.05) is 0 Å². The van der Waals surface area contributed by atoms with Crippen molar-refractivity contribution in [2.45, 2.75) is 41.5 Å². The first-order valence-electron chi connectivity index (χ1n) is 12.4. The average molecular weight is 923 g/mol. The zero-order valence-electron chi connectivity index (χ0n) is 25.7. The second-order valence-corrected chi connectivity index (χ2v) is 12.5. The summed E-state index contributed by atoms with van der Waals surface area (Å²) in [4.78, 5) is 32.7. The molecule has 0 atom stereocenters. The van der Waals surface area contributed by atoms with Crippen molar-refractivity contribution < 1.29 is 103 Å². The van der Waals surface area contributed by atoms with Crippen LogP contribution in [0, 0.1) is 23.3 Å². The Hall–Kier alpha value is -1.24. The number of carbonyl (C=O) groups is 2. The van der Waals surface area contributed by atoms with E-state index < -0.39 is 10.8 Å². The molecule has 10 nitrogen and oxygen atoms in total. The third-order valence-corrected chi connectivity index (χ3v) is 6.27. The molecule has 0 N–H and O–H groups in total. The topological polar surface area (TPSA) is 114 Å². The molecule has 2 radical (unpaired) electrons. The summed E-state index contributed by atoms with van der Waals surface area (Å²) < 4.78 is 13.9. The fraction of sp³-hybridized carbons (Fsp3) is 0.286. The van der Waals surface area contributed by atoms with Crippen LogP contribution in [0.25, 0.3) is 0 Å². The van der Waals surface area contributed by atoms with Crippen LogP contribution in [0.4, 0.5) is 0 Å². The number of halogens is 8. The Morgan fingerprint density at radius 1 is 0.625 bits per heavy atom. The molecule has 2 heterocycles. The van der Waals surface area contributed by atoms with Crippen molar-refractivity contribution in [3.8, 4) is 11.5 Å². The standard InChI is InChI=1S/2C14H14Cl2N3O2.4ClH.2Cu/c2*1-14(2,3)12(20)13(19-8-17-7-18-19)21-11-5-4-9(15)6-10(11)16;;;;;;/h2*4-8H,1-3H3;4*1H;;/q2*-1;;;;;2*+2/p-4. The largest absolute Gasteiger partial charge is 2.00 e. The minimum atomic E-state index is -0.639. The summed E-state index contributed by atoms with van der Waals surface area (Å²) in [6.45, 7) is 10.7. The van der Waals surface area contributed by atoms with Gasteiger partial charge in [-0.1, -0.05) is 87.9 Å². The quantitative estimate of drug-likeness (QED) is 0.128. The molecule has 48 heavy (non-hydrogen) atoms. The number of carbonyl (C=O) groups excluding carboxylic acids is 2. The number of ether oxygens (including phenoxy) is 2. The van der Waals surface area contributed by atoms with Crippen LogP contribution in [0.15, 0.2) is 61.7 Å². The predicted molar refractivity (Wildman–Crippen MR) is 160 cm³/mol. The maximum atomic E-state index is 12.5. The second kappa shape index (κ2) is 23.3. The van der Waals surface area contributed by atoms with E-state index in [1.54, 1.807) is 77.9 Å². The number of ketones is 2. The first-order chi connectivity index (χ1) is 19.6. The minimum Gasteiger partial charge on any atom is -1.00 e. The van der Waals surface area contributed by atoms with Gasteiger partial charge in [-0.05, 0) is 49.1 Å². The Morgan fingerprint density at radius 2 is 0.938 bits per heavy atom. The first-order valence-corrected chi connectivity index (χ1v) is 13.9. The smallest absolute Gasteiger partial charge is 1.00 e. The van der Waals surface area contributed by atoms with Crippen molar-refractivity contribution in [1.82, 2.24) is 29.5 Å². The molecule has 0 fully saturated rings. The molecule has 4 aromatic rings. The van der Waals surface area contributed by atoms with Crippen LogP contribution in [-0.4, -0.2) is 41.1 Å². The first kappa shape index (κ1) is 53.6. The summed E-state index contributed by atoms with van der Waals surface area (Å²) >= 11 is 23.8. The summed E-state index contributed by atoms with van der Waals surface area (Å²) in [5.41, 5.74) is -1.28. The number of nitrogens with zero attached hydrogens (tertiary/aromatic N) is 6. The number of rotatable bonds is 8. The predicted octanol–water partition coefficient (Wildman–Crippen LogP) is -4.76. The number of hydrogen-bond donors (Lipinski definition) is 0. The van der Waals surface area contributed by atoms with E-state index in [4.69, 9.17) is 55.9 Å². The van der Waals surface area contributed by atoms with Gasteiger partial charge in [-0.25, -0.2) is 0 Å². The Balaban J connectivity index is -0.000000359. The van der Waals surface area contributed by atoms with Crippen LogP contribution >= 0.6 is 46.4 Å². The molecule has 2 aromatic carbocycles. The van der Waals surface area contributed by atoms with Gasteiger partial charge >= 0.3 is 34.1 Å². The molecule has 0 spiro atoms. The van der Waals surface area contributed by atoms with Gasteiger partial charge in [-0.3, -0.25) is 0 Å². The van der Waals surface area contributed by atoms with Crippen molar-refractivity contribution in [1.29, 1.82) is 0 Å². The van der Waals surface area contributed by atoms with Gasteiger partial charge in [0.15, 0.2) is 0 Å². The van der Waals surface area contributed by atoms with Crippen LogP contribution < -0.4 is 59.1 Å². The summed E-state index contributed by atoms with van der Waals surface area (Å²) in [7, 11) is 0. The fourth-order valence-corrected chi connectivity index (χ4v) is 3.88. The van der Waals surface area contributed by atoms with Crippen LogP contribution in [0.3, 0.4) is 0 Å². The van der Waals surface area contributed by atoms with E-state index in [-0.39, 0.29) is 108 Å². The third kappa shape index (κ3) is 15.3. The van der Waals surface area contributed by atoms with E-state index in [2.05, 4.69) is 20.2 Å². The van der Waals surface area contributed by atoms with Gasteiger partial charge in [0.05, 0.1) is 10.0 Å². The van der Waals surface area contributed by atoms with Gasteiger partial charge in [0.2, 0.25) is 0 Å². The van der Waals surface area contributed by atoms with Gasteiger partial charge in [-0.15, -0.1) is 0 Å². The number of aromatic nitrogens is 6. The number of hydrogen-bond acceptors (Lipinski definition) is 8. The Labute approximate surface area is 345 Å². The molecule has 20 heteroatoms. The van der Waals surface area contributed by atoms with Crippen molar-refractivity contribution in [2.75, 3.05) is 0 Å². The van der Waals surface area contributed by atoms with Gasteiger partial charge < -0.3 is 88.0 Å². The van der Waals surface area contributed by atoms with Crippen LogP contribution in [0.5, 0.6) is 11.5 Å². The maximum Gasteiger partial charge on any atom is 2.00 e. The molecular weight excluding hydrogens is 895 g/mol. The third-order valence-electron chi connectivity index (χ3n) is 5.21. The van der Waals surface area contributed by atoms with Crippen molar-refractivity contribution in [3.05, 3.63) is 94.3 Å². The molecule has 274 valence electrons. The molecule has 0 saturated heterocycles. The monoisotopic (exact) mass is 918 g/mol. The molecule has 0 unspecified atom stereocenters. The SMILES string of the molecule is CC(C)(C)C(=O)[C-](Oc1ccc(Cl)cc1Cl)n1cncn1.CC(C)(C)C(=O)[C-](Oc1ccc(Cl)cc1Cl)n1cncn1.[Cl-].[Cl-].[Cl-].[Cl-].[Cu+2].[Cu+2]. The fourth-order valence-electron chi connectivity index (χ4n) is 2.99. The Kier molecular flexibility index (Phi) is 26.0. The van der Waals surface area contributed by atoms with E-state index >= 15 is 0 Å². The van der Waals surface area contributed by atoms with Gasteiger partial charge in [-0.2, -0.15) is 10.2 Å². The zero-order valence-corrected chi connectivity index (χ0v) is 33.6. The molecule has 0 aliphatic carbocycles. The van der Waals surface area contributed by atoms with Crippen LogP contribution in [0.1, 0.15) is 41.5 Å². The van der Waals surface area contributed by atoms with E-state index in [1.165, 1.54) is 34.7 Å². The summed E-state index contributed by atoms with van der Waals surface area (Å²) in [6, 6.07) is 9.53. The molecule has 0 aliphatic heterocycles. The molecule has 0 saturated carbocycles. The van der Waals surface area contributed by atoms with E-state index in [9.17, 15) is 9.59 Å². The van der Waals surface area contributed by atoms with Crippen molar-refractivity contribution in [3.63, 3.8) is 0 Å². The summed E-state index contributed by atoms with van der Waals surface area (Å²) in [6.07, 6.45) is 5.49. The normalized spacial score (nSPS) is 9.88. The minimum absolute atomic E-state index is 0. The van der Waals surface area contributed by atoms with E-state index in [0.717, 1.165) is 0 Å². The van der Waals surface area contributed by atoms with Crippen LogP contribution in [-0.2, 0) is 43.7 Å². The number of Topliss-reactive ketones (excluding diaryl/α,β-unsaturated/α-hetero) is 2. The Bertz CT molecular complexity index is 1410. The van der Waals surface area contributed by atoms with Crippen molar-refractivity contribution in [2.24, 2.45) is 10.8 Å². The second-order valence-electron chi connectivity index (χ2n) is 10.8. The van der Waals surface area contributed by atoms with Gasteiger partial charge in [0.1, 0.15) is 48.2 Å². The average Bonchev–Trinajstić information content (AvgIpc) is 3.62. The zero-order chi connectivity index (χ0) is 31.2. The van der Waals surface area contributed by atoms with Gasteiger partial charge in [0.25, 0.3) is 0 Å². The van der Waals surface area contributed by atoms with Crippen molar-refractivity contribution >= 4 is 58.0 Å². The molecular formula is C28H28Cl8Cu2N6O4-2. The maximum absolute atomic E-state index is 12.5. The summed E-state index contributed by atoms with van der Waals surface area (Å²) in [5.74, 6) is 0.200.